The summed E-state index contributed by atoms with van der Waals surface area (Å²) in [5, 5.41) is 0. The number of alkyl halides is 6. The summed E-state index contributed by atoms with van der Waals surface area (Å²) < 4.78 is 62.9. The molecule has 0 fully saturated rings. The molecular weight excluding hydrogens is 338 g/mol. The van der Waals surface area contributed by atoms with E-state index in [0.717, 1.165) is 0 Å². The molecule has 15 heavy (non-hydrogen) atoms. The summed E-state index contributed by atoms with van der Waals surface area (Å²) in [6, 6.07) is 0. The van der Waals surface area contributed by atoms with Crippen molar-refractivity contribution in [1.82, 2.24) is 0 Å². The maximum absolute atomic E-state index is 12.4. The van der Waals surface area contributed by atoms with Gasteiger partial charge in [-0.2, -0.15) is 22.0 Å². The lowest BCUT2D eigenvalue weighted by atomic mass is 10.2. The summed E-state index contributed by atoms with van der Waals surface area (Å²) in [5.74, 6) is -5.94. The Bertz CT molecular complexity index is 228. The largest absolute Gasteiger partial charge is 0.465 e. The van der Waals surface area contributed by atoms with Crippen LogP contribution in [0.3, 0.4) is 0 Å². The first kappa shape index (κ1) is 14.8. The van der Waals surface area contributed by atoms with Crippen LogP contribution in [-0.2, 0) is 9.53 Å². The summed E-state index contributed by atoms with van der Waals surface area (Å²) in [6.45, 7) is 1.37. The van der Waals surface area contributed by atoms with E-state index in [2.05, 4.69) is 4.74 Å². The fraction of sp³-hybridized carbons (Fsp3) is 0.857. The molecule has 2 nitrogen and oxygen atoms in total. The lowest BCUT2D eigenvalue weighted by Gasteiger charge is -2.21. The number of carbonyl (C=O) groups excluding carboxylic acids is 1. The third-order valence-corrected chi connectivity index (χ3v) is 2.34. The number of carbonyl (C=O) groups is 1. The Kier molecular flexibility index (Phi) is 5.21. The van der Waals surface area contributed by atoms with Gasteiger partial charge in [-0.25, -0.2) is 0 Å². The third kappa shape index (κ3) is 4.47. The monoisotopic (exact) mass is 346 g/mol. The molecule has 0 radical (unpaired) electrons. The van der Waals surface area contributed by atoms with E-state index in [-0.39, 0.29) is 6.61 Å². The Morgan fingerprint density at radius 3 is 2.13 bits per heavy atom. The molecule has 0 rings (SSSR count). The molecule has 0 aromatic heterocycles. The fourth-order valence-electron chi connectivity index (χ4n) is 0.657. The molecule has 0 aromatic carbocycles. The van der Waals surface area contributed by atoms with Crippen LogP contribution < -0.4 is 0 Å². The van der Waals surface area contributed by atoms with E-state index < -0.39 is 28.4 Å². The van der Waals surface area contributed by atoms with Gasteiger partial charge >= 0.3 is 18.1 Å². The van der Waals surface area contributed by atoms with Gasteiger partial charge in [-0.1, -0.05) is 22.6 Å². The van der Waals surface area contributed by atoms with Gasteiger partial charge in [0.15, 0.2) is 0 Å². The zero-order chi connectivity index (χ0) is 12.3. The summed E-state index contributed by atoms with van der Waals surface area (Å²) in [4.78, 5) is 10.8. The summed E-state index contributed by atoms with van der Waals surface area (Å²) >= 11 is 1.20. The van der Waals surface area contributed by atoms with Crippen molar-refractivity contribution >= 4 is 28.6 Å². The Hall–Kier alpha value is -0.150. The predicted octanol–water partition coefficient (Wildman–Crippen LogP) is 2.94. The SMILES string of the molecule is CCOC(=O)C(I)CC(F)(F)C(F)(F)F. The average Bonchev–Trinajstić information content (AvgIpc) is 2.01. The molecular formula is C7H8F5IO2. The first-order chi connectivity index (χ1) is 6.62. The second-order valence-electron chi connectivity index (χ2n) is 2.63. The quantitative estimate of drug-likeness (QED) is 0.339. The van der Waals surface area contributed by atoms with Crippen molar-refractivity contribution < 1.29 is 31.5 Å². The van der Waals surface area contributed by atoms with E-state index in [4.69, 9.17) is 0 Å². The number of halogens is 6. The minimum absolute atomic E-state index is 0.0596. The van der Waals surface area contributed by atoms with Gasteiger partial charge in [-0.15, -0.1) is 0 Å². The van der Waals surface area contributed by atoms with Crippen LogP contribution in [0.1, 0.15) is 13.3 Å². The average molecular weight is 346 g/mol. The first-order valence-electron chi connectivity index (χ1n) is 3.87. The minimum Gasteiger partial charge on any atom is -0.465 e. The molecule has 0 saturated heterocycles. The molecule has 90 valence electrons. The van der Waals surface area contributed by atoms with Gasteiger partial charge in [0.1, 0.15) is 3.92 Å². The molecule has 0 aliphatic rings. The van der Waals surface area contributed by atoms with Crippen LogP contribution in [0.25, 0.3) is 0 Å². The van der Waals surface area contributed by atoms with Crippen molar-refractivity contribution in [2.75, 3.05) is 6.61 Å². The van der Waals surface area contributed by atoms with Crippen LogP contribution in [0.4, 0.5) is 22.0 Å². The van der Waals surface area contributed by atoms with Gasteiger partial charge in [0.2, 0.25) is 0 Å². The molecule has 0 aromatic rings. The number of hydrogen-bond donors (Lipinski definition) is 0. The van der Waals surface area contributed by atoms with Crippen LogP contribution in [0.2, 0.25) is 0 Å². The highest BCUT2D eigenvalue weighted by atomic mass is 127. The topological polar surface area (TPSA) is 26.3 Å². The van der Waals surface area contributed by atoms with E-state index in [0.29, 0.717) is 0 Å². The predicted molar refractivity (Wildman–Crippen MR) is 50.1 cm³/mol. The van der Waals surface area contributed by atoms with Crippen molar-refractivity contribution in [2.45, 2.75) is 29.4 Å². The summed E-state index contributed by atoms with van der Waals surface area (Å²) in [5.41, 5.74) is 0. The van der Waals surface area contributed by atoms with E-state index in [1.165, 1.54) is 29.5 Å². The molecule has 0 heterocycles. The van der Waals surface area contributed by atoms with Crippen molar-refractivity contribution in [3.05, 3.63) is 0 Å². The molecule has 0 spiro atoms. The van der Waals surface area contributed by atoms with Crippen LogP contribution >= 0.6 is 22.6 Å². The standard InChI is InChI=1S/C7H8F5IO2/c1-2-15-5(14)4(13)3-6(8,9)7(10,11)12/h4H,2-3H2,1H3. The smallest absolute Gasteiger partial charge is 0.453 e. The zero-order valence-corrected chi connectivity index (χ0v) is 9.73. The van der Waals surface area contributed by atoms with Gasteiger partial charge < -0.3 is 4.74 Å². The van der Waals surface area contributed by atoms with Gasteiger partial charge in [-0.05, 0) is 6.92 Å². The molecule has 0 aliphatic carbocycles. The second kappa shape index (κ2) is 5.26. The highest BCUT2D eigenvalue weighted by Crippen LogP contribution is 2.40. The molecule has 1 atom stereocenters. The van der Waals surface area contributed by atoms with Gasteiger partial charge in [0.25, 0.3) is 0 Å². The Balaban J connectivity index is 4.40. The first-order valence-corrected chi connectivity index (χ1v) is 5.11. The van der Waals surface area contributed by atoms with Gasteiger partial charge in [0, 0.05) is 6.42 Å². The molecule has 8 heteroatoms. The van der Waals surface area contributed by atoms with Crippen molar-refractivity contribution in [1.29, 1.82) is 0 Å². The number of ether oxygens (including phenoxy) is 1. The lowest BCUT2D eigenvalue weighted by molar-refractivity contribution is -0.283. The van der Waals surface area contributed by atoms with Crippen molar-refractivity contribution in [3.63, 3.8) is 0 Å². The lowest BCUT2D eigenvalue weighted by Crippen LogP contribution is -2.40. The van der Waals surface area contributed by atoms with Gasteiger partial charge in [0.05, 0.1) is 6.61 Å². The van der Waals surface area contributed by atoms with Crippen LogP contribution in [-0.4, -0.2) is 28.6 Å². The maximum atomic E-state index is 12.4. The molecule has 0 amide bonds. The Morgan fingerprint density at radius 1 is 1.33 bits per heavy atom. The summed E-state index contributed by atoms with van der Waals surface area (Å²) in [7, 11) is 0. The minimum atomic E-state index is -5.64. The highest BCUT2D eigenvalue weighted by Gasteiger charge is 2.58. The van der Waals surface area contributed by atoms with E-state index in [1.807, 2.05) is 0 Å². The maximum Gasteiger partial charge on any atom is 0.453 e. The molecule has 0 bridgehead atoms. The van der Waals surface area contributed by atoms with Crippen molar-refractivity contribution in [3.8, 4) is 0 Å². The second-order valence-corrected chi connectivity index (χ2v) is 4.13. The van der Waals surface area contributed by atoms with E-state index >= 15 is 0 Å². The molecule has 1 unspecified atom stereocenters. The van der Waals surface area contributed by atoms with E-state index in [9.17, 15) is 26.7 Å². The highest BCUT2D eigenvalue weighted by molar-refractivity contribution is 14.1. The Morgan fingerprint density at radius 2 is 1.80 bits per heavy atom. The molecule has 0 N–H and O–H groups in total. The molecule has 0 saturated carbocycles. The zero-order valence-electron chi connectivity index (χ0n) is 7.58. The van der Waals surface area contributed by atoms with Crippen molar-refractivity contribution in [2.24, 2.45) is 0 Å². The fourth-order valence-corrected chi connectivity index (χ4v) is 1.39. The normalized spacial score (nSPS) is 14.9. The van der Waals surface area contributed by atoms with Gasteiger partial charge in [-0.3, -0.25) is 4.79 Å². The van der Waals surface area contributed by atoms with Crippen LogP contribution in [0.5, 0.6) is 0 Å². The van der Waals surface area contributed by atoms with E-state index in [1.54, 1.807) is 0 Å². The Labute approximate surface area is 96.3 Å². The number of hydrogen-bond acceptors (Lipinski definition) is 2. The third-order valence-electron chi connectivity index (χ3n) is 1.39. The molecule has 0 aliphatic heterocycles. The number of rotatable bonds is 4. The van der Waals surface area contributed by atoms with Crippen LogP contribution in [0, 0.1) is 0 Å². The van der Waals surface area contributed by atoms with Crippen LogP contribution in [0.15, 0.2) is 0 Å². The summed E-state index contributed by atoms with van der Waals surface area (Å²) in [6.07, 6.45) is -7.24. The number of esters is 1.